The van der Waals surface area contributed by atoms with Gasteiger partial charge >= 0.3 is 0 Å². The highest BCUT2D eigenvalue weighted by molar-refractivity contribution is 7.19. The number of allylic oxidation sites excluding steroid dienone is 1. The Bertz CT molecular complexity index is 1390. The van der Waals surface area contributed by atoms with E-state index in [0.29, 0.717) is 53.9 Å². The summed E-state index contributed by atoms with van der Waals surface area (Å²) in [6, 6.07) is 13.7. The molecule has 0 atom stereocenters. The third-order valence-corrected chi connectivity index (χ3v) is 6.38. The summed E-state index contributed by atoms with van der Waals surface area (Å²) >= 11 is 1.44. The number of aryl methyl sites for hydroxylation is 1. The molecule has 0 N–H and O–H groups in total. The van der Waals surface area contributed by atoms with Crippen molar-refractivity contribution < 1.29 is 4.74 Å². The van der Waals surface area contributed by atoms with Crippen molar-refractivity contribution >= 4 is 44.7 Å². The normalized spacial score (nSPS) is 14.8. The van der Waals surface area contributed by atoms with Crippen molar-refractivity contribution in [1.82, 2.24) is 14.4 Å². The molecule has 0 unspecified atom stereocenters. The van der Waals surface area contributed by atoms with Crippen molar-refractivity contribution in [2.45, 2.75) is 6.92 Å². The number of fused-ring (bicyclic) bond motifs is 2. The van der Waals surface area contributed by atoms with E-state index in [2.05, 4.69) is 16.0 Å². The molecule has 1 aliphatic rings. The second-order valence-electron chi connectivity index (χ2n) is 7.30. The van der Waals surface area contributed by atoms with Gasteiger partial charge in [-0.05, 0) is 36.8 Å². The van der Waals surface area contributed by atoms with Crippen molar-refractivity contribution in [3.05, 3.63) is 69.1 Å². The van der Waals surface area contributed by atoms with Gasteiger partial charge in [-0.1, -0.05) is 18.2 Å². The number of hydrogen-bond acceptors (Lipinski definition) is 7. The second-order valence-corrected chi connectivity index (χ2v) is 8.33. The van der Waals surface area contributed by atoms with Gasteiger partial charge in [-0.15, -0.1) is 11.3 Å². The molecule has 1 fully saturated rings. The number of benzene rings is 1. The third-order valence-electron chi connectivity index (χ3n) is 5.31. The Labute approximate surface area is 182 Å². The number of morpholine rings is 1. The molecule has 1 saturated heterocycles. The first-order valence-electron chi connectivity index (χ1n) is 9.98. The Hall–Kier alpha value is -3.54. The molecule has 0 bridgehead atoms. The molecule has 5 rings (SSSR count). The second kappa shape index (κ2) is 7.95. The summed E-state index contributed by atoms with van der Waals surface area (Å²) in [5.74, 6) is 0.580. The number of rotatable bonds is 3. The average Bonchev–Trinajstić information content (AvgIpc) is 3.23. The lowest BCUT2D eigenvalue weighted by atomic mass is 10.1. The first-order chi connectivity index (χ1) is 15.2. The molecule has 3 aromatic heterocycles. The number of pyridine rings is 1. The van der Waals surface area contributed by atoms with Gasteiger partial charge in [0.2, 0.25) is 0 Å². The standard InChI is InChI=1S/C23H19N5O2S/c1-15-5-4-8-28-20(15)26-21(27-9-11-30-12-10-27)17(23(28)29)13-16(14-24)22-25-18-6-2-3-7-19(18)31-22/h2-8,13H,9-12H2,1H3/b16-13+. The van der Waals surface area contributed by atoms with E-state index >= 15 is 0 Å². The monoisotopic (exact) mass is 429 g/mol. The maximum atomic E-state index is 13.5. The summed E-state index contributed by atoms with van der Waals surface area (Å²) in [6.07, 6.45) is 3.34. The molecule has 1 aliphatic heterocycles. The molecule has 0 saturated carbocycles. The minimum atomic E-state index is -0.205. The van der Waals surface area contributed by atoms with Gasteiger partial charge in [-0.25, -0.2) is 9.97 Å². The molecular formula is C23H19N5O2S. The van der Waals surface area contributed by atoms with Crippen molar-refractivity contribution in [3.63, 3.8) is 0 Å². The lowest BCUT2D eigenvalue weighted by Crippen LogP contribution is -2.38. The van der Waals surface area contributed by atoms with Crippen LogP contribution in [-0.2, 0) is 4.74 Å². The Balaban J connectivity index is 1.74. The molecule has 0 amide bonds. The highest BCUT2D eigenvalue weighted by Gasteiger charge is 2.21. The molecule has 4 aromatic rings. The van der Waals surface area contributed by atoms with Crippen LogP contribution in [0.2, 0.25) is 0 Å². The number of anilines is 1. The van der Waals surface area contributed by atoms with Crippen LogP contribution in [0.1, 0.15) is 16.1 Å². The number of nitriles is 1. The number of nitrogens with zero attached hydrogens (tertiary/aromatic N) is 5. The van der Waals surface area contributed by atoms with Gasteiger partial charge in [0, 0.05) is 19.3 Å². The topological polar surface area (TPSA) is 83.5 Å². The summed E-state index contributed by atoms with van der Waals surface area (Å²) < 4.78 is 8.02. The molecular weight excluding hydrogens is 410 g/mol. The van der Waals surface area contributed by atoms with Crippen LogP contribution in [0.4, 0.5) is 5.82 Å². The van der Waals surface area contributed by atoms with Gasteiger partial charge in [0.25, 0.3) is 5.56 Å². The fourth-order valence-electron chi connectivity index (χ4n) is 3.72. The van der Waals surface area contributed by atoms with E-state index in [1.54, 1.807) is 16.7 Å². The zero-order chi connectivity index (χ0) is 21.4. The van der Waals surface area contributed by atoms with Gasteiger partial charge in [-0.3, -0.25) is 9.20 Å². The van der Waals surface area contributed by atoms with E-state index in [9.17, 15) is 10.1 Å². The SMILES string of the molecule is Cc1cccn2c(=O)c(/C=C(\C#N)c3nc4ccccc4s3)c(N3CCOCC3)nc12. The lowest BCUT2D eigenvalue weighted by molar-refractivity contribution is 0.122. The molecule has 1 aromatic carbocycles. The Morgan fingerprint density at radius 3 is 2.77 bits per heavy atom. The zero-order valence-corrected chi connectivity index (χ0v) is 17.7. The van der Waals surface area contributed by atoms with Crippen LogP contribution in [-0.4, -0.2) is 40.7 Å². The summed E-state index contributed by atoms with van der Waals surface area (Å²) in [6.45, 7) is 4.35. The van der Waals surface area contributed by atoms with Gasteiger partial charge in [-0.2, -0.15) is 5.26 Å². The van der Waals surface area contributed by atoms with Crippen molar-refractivity contribution in [2.24, 2.45) is 0 Å². The van der Waals surface area contributed by atoms with Gasteiger partial charge < -0.3 is 9.64 Å². The molecule has 154 valence electrons. The summed E-state index contributed by atoms with van der Waals surface area (Å²) in [5.41, 5.74) is 2.90. The first-order valence-corrected chi connectivity index (χ1v) is 10.8. The largest absolute Gasteiger partial charge is 0.378 e. The van der Waals surface area contributed by atoms with E-state index < -0.39 is 0 Å². The number of aromatic nitrogens is 3. The van der Waals surface area contributed by atoms with Gasteiger partial charge in [0.15, 0.2) is 0 Å². The van der Waals surface area contributed by atoms with E-state index in [4.69, 9.17) is 9.72 Å². The van der Waals surface area contributed by atoms with Gasteiger partial charge in [0.05, 0.1) is 34.6 Å². The molecule has 4 heterocycles. The number of para-hydroxylation sites is 1. The van der Waals surface area contributed by atoms with Crippen molar-refractivity contribution in [2.75, 3.05) is 31.2 Å². The summed E-state index contributed by atoms with van der Waals surface area (Å²) in [7, 11) is 0. The third kappa shape index (κ3) is 3.48. The van der Waals surface area contributed by atoms with Crippen molar-refractivity contribution in [1.29, 1.82) is 5.26 Å². The molecule has 0 aliphatic carbocycles. The van der Waals surface area contributed by atoms with E-state index in [-0.39, 0.29) is 5.56 Å². The first kappa shape index (κ1) is 19.4. The van der Waals surface area contributed by atoms with Crippen molar-refractivity contribution in [3.8, 4) is 6.07 Å². The Morgan fingerprint density at radius 2 is 2.00 bits per heavy atom. The number of hydrogen-bond donors (Lipinski definition) is 0. The van der Waals surface area contributed by atoms with Crippen LogP contribution in [0.25, 0.3) is 27.5 Å². The molecule has 8 heteroatoms. The van der Waals surface area contributed by atoms with E-state index in [1.807, 2.05) is 43.3 Å². The smallest absolute Gasteiger partial charge is 0.267 e. The van der Waals surface area contributed by atoms with E-state index in [1.165, 1.54) is 11.3 Å². The molecule has 0 spiro atoms. The van der Waals surface area contributed by atoms with Crippen LogP contribution < -0.4 is 10.5 Å². The molecule has 31 heavy (non-hydrogen) atoms. The van der Waals surface area contributed by atoms with Crippen LogP contribution in [0.15, 0.2) is 47.4 Å². The quantitative estimate of drug-likeness (QED) is 0.464. The Morgan fingerprint density at radius 1 is 1.19 bits per heavy atom. The lowest BCUT2D eigenvalue weighted by Gasteiger charge is -2.29. The fourth-order valence-corrected chi connectivity index (χ4v) is 4.65. The predicted octanol–water partition coefficient (Wildman–Crippen LogP) is 3.51. The average molecular weight is 430 g/mol. The highest BCUT2D eigenvalue weighted by Crippen LogP contribution is 2.29. The number of ether oxygens (including phenoxy) is 1. The highest BCUT2D eigenvalue weighted by atomic mass is 32.1. The van der Waals surface area contributed by atoms with Crippen LogP contribution in [0.3, 0.4) is 0 Å². The maximum Gasteiger partial charge on any atom is 0.267 e. The summed E-state index contributed by atoms with van der Waals surface area (Å²) in [4.78, 5) is 25.0. The predicted molar refractivity (Wildman–Crippen MR) is 122 cm³/mol. The number of thiazole rings is 1. The molecule has 7 nitrogen and oxygen atoms in total. The molecule has 0 radical (unpaired) electrons. The van der Waals surface area contributed by atoms with Crippen LogP contribution in [0, 0.1) is 18.3 Å². The summed E-state index contributed by atoms with van der Waals surface area (Å²) in [5, 5.41) is 10.5. The minimum absolute atomic E-state index is 0.205. The van der Waals surface area contributed by atoms with Crippen LogP contribution >= 0.6 is 11.3 Å². The van der Waals surface area contributed by atoms with E-state index in [0.717, 1.165) is 15.8 Å². The van der Waals surface area contributed by atoms with Gasteiger partial charge in [0.1, 0.15) is 22.5 Å². The van der Waals surface area contributed by atoms with Crippen LogP contribution in [0.5, 0.6) is 0 Å². The maximum absolute atomic E-state index is 13.5. The minimum Gasteiger partial charge on any atom is -0.378 e. The zero-order valence-electron chi connectivity index (χ0n) is 16.9. The Kier molecular flexibility index (Phi) is 4.98. The fraction of sp³-hybridized carbons (Fsp3) is 0.217.